The van der Waals surface area contributed by atoms with Crippen LogP contribution in [0.4, 0.5) is 5.69 Å². The van der Waals surface area contributed by atoms with Crippen LogP contribution in [-0.4, -0.2) is 45.0 Å². The van der Waals surface area contributed by atoms with E-state index in [-0.39, 0.29) is 29.7 Å². The number of hydrogen-bond acceptors (Lipinski definition) is 7. The number of carbonyl (C=O) groups excluding carboxylic acids is 4. The summed E-state index contributed by atoms with van der Waals surface area (Å²) < 4.78 is 5.65. The van der Waals surface area contributed by atoms with E-state index in [1.165, 1.54) is 72.8 Å². The molecule has 0 N–H and O–H groups in total. The predicted molar refractivity (Wildman–Crippen MR) is 132 cm³/mol. The van der Waals surface area contributed by atoms with Gasteiger partial charge in [-0.3, -0.25) is 29.3 Å². The Morgan fingerprint density at radius 2 is 1.38 bits per heavy atom. The van der Waals surface area contributed by atoms with Crippen LogP contribution in [0.15, 0.2) is 72.8 Å². The molecule has 4 rings (SSSR count). The summed E-state index contributed by atoms with van der Waals surface area (Å²) in [6.07, 6.45) is 0.541. The number of benzene rings is 3. The van der Waals surface area contributed by atoms with Crippen molar-refractivity contribution < 1.29 is 28.8 Å². The van der Waals surface area contributed by atoms with Crippen LogP contribution in [0, 0.1) is 10.1 Å². The lowest BCUT2D eigenvalue weighted by Gasteiger charge is -2.35. The number of nitrogens with zero attached hydrogens (tertiary/aromatic N) is 3. The summed E-state index contributed by atoms with van der Waals surface area (Å²) >= 11 is 5.90. The van der Waals surface area contributed by atoms with Gasteiger partial charge in [0.2, 0.25) is 11.8 Å². The molecule has 0 saturated carbocycles. The third kappa shape index (κ3) is 5.99. The van der Waals surface area contributed by atoms with E-state index in [2.05, 4.69) is 0 Å². The van der Waals surface area contributed by atoms with Crippen molar-refractivity contribution in [2.24, 2.45) is 0 Å². The zero-order valence-corrected chi connectivity index (χ0v) is 20.1. The van der Waals surface area contributed by atoms with E-state index in [9.17, 15) is 29.3 Å². The lowest BCUT2D eigenvalue weighted by molar-refractivity contribution is -0.384. The fraction of sp³-hybridized carbons (Fsp3) is 0.154. The molecule has 1 saturated heterocycles. The van der Waals surface area contributed by atoms with Crippen molar-refractivity contribution in [2.45, 2.75) is 19.3 Å². The summed E-state index contributed by atoms with van der Waals surface area (Å²) in [7, 11) is 0. The normalized spacial score (nSPS) is 13.3. The third-order valence-corrected chi connectivity index (χ3v) is 5.83. The summed E-state index contributed by atoms with van der Waals surface area (Å²) in [5.74, 6) is -1.56. The summed E-state index contributed by atoms with van der Waals surface area (Å²) in [6.45, 7) is -0.540. The molecular formula is C26H20ClN3O7. The number of imide groups is 1. The number of ether oxygens (including phenoxy) is 1. The van der Waals surface area contributed by atoms with Crippen LogP contribution in [-0.2, 0) is 9.59 Å². The molecule has 3 aromatic carbocycles. The van der Waals surface area contributed by atoms with Gasteiger partial charge in [-0.25, -0.2) is 5.01 Å². The van der Waals surface area contributed by atoms with Gasteiger partial charge >= 0.3 is 0 Å². The van der Waals surface area contributed by atoms with Gasteiger partial charge in [-0.2, -0.15) is 5.01 Å². The first kappa shape index (κ1) is 25.5. The van der Waals surface area contributed by atoms with Gasteiger partial charge in [-0.05, 0) is 67.1 Å². The van der Waals surface area contributed by atoms with Gasteiger partial charge in [-0.1, -0.05) is 11.6 Å². The molecule has 0 bridgehead atoms. The van der Waals surface area contributed by atoms with Crippen LogP contribution in [0.5, 0.6) is 11.5 Å². The van der Waals surface area contributed by atoms with Gasteiger partial charge in [0, 0.05) is 41.1 Å². The number of hydrazine groups is 1. The van der Waals surface area contributed by atoms with Crippen LogP contribution >= 0.6 is 11.6 Å². The molecule has 1 fully saturated rings. The second-order valence-corrected chi connectivity index (χ2v) is 8.56. The standard InChI is InChI=1S/C26H20ClN3O7/c27-19-8-4-18(5-9-19)26(34)28(29-24(32)2-1-3-25(29)33)16-23(31)17-6-12-21(13-7-17)37-22-14-10-20(11-15-22)30(35)36/h4-15H,1-3,16H2. The molecule has 1 aliphatic rings. The highest BCUT2D eigenvalue weighted by Gasteiger charge is 2.36. The molecule has 10 nitrogen and oxygen atoms in total. The average Bonchev–Trinajstić information content (AvgIpc) is 2.88. The van der Waals surface area contributed by atoms with Crippen molar-refractivity contribution in [2.75, 3.05) is 6.54 Å². The average molecular weight is 522 g/mol. The quantitative estimate of drug-likeness (QED) is 0.180. The van der Waals surface area contributed by atoms with E-state index in [0.29, 0.717) is 22.9 Å². The third-order valence-electron chi connectivity index (χ3n) is 5.57. The number of halogens is 1. The van der Waals surface area contributed by atoms with Gasteiger partial charge in [0.25, 0.3) is 11.6 Å². The van der Waals surface area contributed by atoms with Crippen molar-refractivity contribution in [1.29, 1.82) is 0 Å². The highest BCUT2D eigenvalue weighted by molar-refractivity contribution is 6.30. The molecular weight excluding hydrogens is 502 g/mol. The van der Waals surface area contributed by atoms with Crippen molar-refractivity contribution >= 4 is 40.8 Å². The fourth-order valence-electron chi connectivity index (χ4n) is 3.69. The molecule has 1 aliphatic heterocycles. The molecule has 1 heterocycles. The first-order valence-corrected chi connectivity index (χ1v) is 11.6. The number of carbonyl (C=O) groups is 4. The molecule has 188 valence electrons. The fourth-order valence-corrected chi connectivity index (χ4v) is 3.82. The van der Waals surface area contributed by atoms with Gasteiger partial charge in [0.1, 0.15) is 18.0 Å². The number of rotatable bonds is 8. The van der Waals surface area contributed by atoms with Crippen LogP contribution in [0.1, 0.15) is 40.0 Å². The zero-order chi connectivity index (χ0) is 26.5. The van der Waals surface area contributed by atoms with Crippen molar-refractivity contribution in [3.05, 3.63) is 99.1 Å². The first-order valence-electron chi connectivity index (χ1n) is 11.2. The lowest BCUT2D eigenvalue weighted by Crippen LogP contribution is -2.56. The highest BCUT2D eigenvalue weighted by Crippen LogP contribution is 2.25. The summed E-state index contributed by atoms with van der Waals surface area (Å²) in [5.41, 5.74) is 0.314. The summed E-state index contributed by atoms with van der Waals surface area (Å²) in [5, 5.41) is 12.8. The Balaban J connectivity index is 1.52. The zero-order valence-electron chi connectivity index (χ0n) is 19.3. The van der Waals surface area contributed by atoms with Gasteiger partial charge in [0.05, 0.1) is 4.92 Å². The maximum absolute atomic E-state index is 13.3. The van der Waals surface area contributed by atoms with Gasteiger partial charge < -0.3 is 4.74 Å². The number of nitro benzene ring substituents is 1. The van der Waals surface area contributed by atoms with Crippen LogP contribution in [0.3, 0.4) is 0 Å². The summed E-state index contributed by atoms with van der Waals surface area (Å²) in [4.78, 5) is 61.7. The predicted octanol–water partition coefficient (Wildman–Crippen LogP) is 4.82. The van der Waals surface area contributed by atoms with Crippen molar-refractivity contribution in [3.63, 3.8) is 0 Å². The lowest BCUT2D eigenvalue weighted by atomic mass is 10.1. The molecule has 0 spiro atoms. The van der Waals surface area contributed by atoms with E-state index in [0.717, 1.165) is 10.0 Å². The Bertz CT molecular complexity index is 1340. The molecule has 11 heteroatoms. The molecule has 0 unspecified atom stereocenters. The first-order chi connectivity index (χ1) is 17.7. The van der Waals surface area contributed by atoms with E-state index >= 15 is 0 Å². The van der Waals surface area contributed by atoms with E-state index < -0.39 is 35.0 Å². The van der Waals surface area contributed by atoms with Crippen LogP contribution < -0.4 is 4.74 Å². The Morgan fingerprint density at radius 3 is 1.92 bits per heavy atom. The Hall–Kier alpha value is -4.57. The molecule has 0 radical (unpaired) electrons. The van der Waals surface area contributed by atoms with Crippen LogP contribution in [0.2, 0.25) is 5.02 Å². The summed E-state index contributed by atoms with van der Waals surface area (Å²) in [6, 6.07) is 17.4. The minimum Gasteiger partial charge on any atom is -0.457 e. The Labute approximate surface area is 216 Å². The molecule has 3 aromatic rings. The molecule has 37 heavy (non-hydrogen) atoms. The van der Waals surface area contributed by atoms with Crippen molar-refractivity contribution in [1.82, 2.24) is 10.0 Å². The van der Waals surface area contributed by atoms with Gasteiger partial charge in [0.15, 0.2) is 5.78 Å². The van der Waals surface area contributed by atoms with E-state index in [1.807, 2.05) is 0 Å². The number of Topliss-reactive ketones (excluding diaryl/α,β-unsaturated/α-hetero) is 1. The Morgan fingerprint density at radius 1 is 0.865 bits per heavy atom. The highest BCUT2D eigenvalue weighted by atomic mass is 35.5. The topological polar surface area (TPSA) is 127 Å². The molecule has 0 atom stereocenters. The van der Waals surface area contributed by atoms with E-state index in [4.69, 9.17) is 16.3 Å². The number of nitro groups is 1. The number of ketones is 1. The minimum absolute atomic E-state index is 0.0725. The molecule has 3 amide bonds. The smallest absolute Gasteiger partial charge is 0.273 e. The SMILES string of the molecule is O=C(CN(C(=O)c1ccc(Cl)cc1)N1C(=O)CCCC1=O)c1ccc(Oc2ccc([N+](=O)[O-])cc2)cc1. The minimum atomic E-state index is -0.688. The molecule has 0 aromatic heterocycles. The van der Waals surface area contributed by atoms with Crippen LogP contribution in [0.25, 0.3) is 0 Å². The van der Waals surface area contributed by atoms with E-state index in [1.54, 1.807) is 0 Å². The number of piperidine rings is 1. The largest absolute Gasteiger partial charge is 0.457 e. The number of hydrogen-bond donors (Lipinski definition) is 0. The monoisotopic (exact) mass is 521 g/mol. The number of amides is 3. The Kier molecular flexibility index (Phi) is 7.59. The second-order valence-electron chi connectivity index (χ2n) is 8.12. The second kappa shape index (κ2) is 11.0. The maximum atomic E-state index is 13.3. The number of non-ortho nitro benzene ring substituents is 1. The van der Waals surface area contributed by atoms with Crippen molar-refractivity contribution in [3.8, 4) is 11.5 Å². The molecule has 0 aliphatic carbocycles. The maximum Gasteiger partial charge on any atom is 0.273 e. The van der Waals surface area contributed by atoms with Gasteiger partial charge in [-0.15, -0.1) is 0 Å².